The number of benzene rings is 2. The first-order chi connectivity index (χ1) is 15.6. The van der Waals surface area contributed by atoms with Crippen LogP contribution in [0.25, 0.3) is 0 Å². The maximum atomic E-state index is 13.0. The molecule has 0 aliphatic carbocycles. The fourth-order valence-electron chi connectivity index (χ4n) is 3.24. The lowest BCUT2D eigenvalue weighted by Crippen LogP contribution is -2.40. The van der Waals surface area contributed by atoms with Gasteiger partial charge in [0.15, 0.2) is 11.9 Å². The number of hydrogen-bond donors (Lipinski definition) is 1. The Morgan fingerprint density at radius 2 is 1.91 bits per heavy atom. The molecule has 1 saturated heterocycles. The second-order valence-corrected chi connectivity index (χ2v) is 9.24. The molecule has 33 heavy (non-hydrogen) atoms. The number of nitrogens with one attached hydrogen (secondary N) is 1. The number of sulfonamides is 1. The van der Waals surface area contributed by atoms with Crippen molar-refractivity contribution >= 4 is 27.3 Å². The van der Waals surface area contributed by atoms with Crippen LogP contribution in [0, 0.1) is 17.0 Å². The number of ether oxygens (including phenoxy) is 3. The van der Waals surface area contributed by atoms with Gasteiger partial charge in [0.1, 0.15) is 5.75 Å². The minimum absolute atomic E-state index is 0.0848. The van der Waals surface area contributed by atoms with Gasteiger partial charge in [-0.1, -0.05) is 6.07 Å². The van der Waals surface area contributed by atoms with Crippen LogP contribution in [0.1, 0.15) is 12.5 Å². The average Bonchev–Trinajstić information content (AvgIpc) is 2.80. The highest BCUT2D eigenvalue weighted by molar-refractivity contribution is 7.89. The summed E-state index contributed by atoms with van der Waals surface area (Å²) >= 11 is 0. The van der Waals surface area contributed by atoms with E-state index in [0.29, 0.717) is 18.8 Å². The van der Waals surface area contributed by atoms with Crippen molar-refractivity contribution in [2.24, 2.45) is 0 Å². The number of morpholine rings is 1. The van der Waals surface area contributed by atoms with Crippen LogP contribution in [0.3, 0.4) is 0 Å². The molecule has 1 aliphatic rings. The third kappa shape index (κ3) is 5.59. The molecule has 2 aromatic carbocycles. The highest BCUT2D eigenvalue weighted by Gasteiger charge is 2.28. The number of carbonyl (C=O) groups is 1. The molecule has 1 unspecified atom stereocenters. The largest absolute Gasteiger partial charge is 0.496 e. The Bertz CT molecular complexity index is 1150. The molecule has 2 aromatic rings. The number of methoxy groups -OCH3 is 1. The van der Waals surface area contributed by atoms with E-state index in [4.69, 9.17) is 14.2 Å². The number of aryl methyl sites for hydroxylation is 1. The van der Waals surface area contributed by atoms with E-state index in [9.17, 15) is 23.3 Å². The Hall–Kier alpha value is -3.22. The number of rotatable bonds is 8. The Morgan fingerprint density at radius 1 is 1.21 bits per heavy atom. The SMILES string of the molecule is COc1ccc(OC(C)C(=O)Nc2ccc(C)c(S(=O)(=O)N3CCOCC3)c2)c([N+](=O)[O-])c1. The van der Waals surface area contributed by atoms with E-state index in [-0.39, 0.29) is 40.9 Å². The van der Waals surface area contributed by atoms with Crippen LogP contribution in [0.15, 0.2) is 41.3 Å². The van der Waals surface area contributed by atoms with Gasteiger partial charge >= 0.3 is 5.69 Å². The number of nitro benzene ring substituents is 1. The Kier molecular flexibility index (Phi) is 7.51. The summed E-state index contributed by atoms with van der Waals surface area (Å²) in [6.45, 7) is 4.26. The number of nitro groups is 1. The van der Waals surface area contributed by atoms with Gasteiger partial charge in [0.05, 0.1) is 36.2 Å². The summed E-state index contributed by atoms with van der Waals surface area (Å²) in [5.74, 6) is -0.415. The first-order valence-corrected chi connectivity index (χ1v) is 11.6. The highest BCUT2D eigenvalue weighted by Crippen LogP contribution is 2.32. The molecule has 1 N–H and O–H groups in total. The molecule has 11 nitrogen and oxygen atoms in total. The molecule has 1 heterocycles. The summed E-state index contributed by atoms with van der Waals surface area (Å²) in [7, 11) is -2.38. The Balaban J connectivity index is 1.77. The zero-order valence-electron chi connectivity index (χ0n) is 18.4. The smallest absolute Gasteiger partial charge is 0.314 e. The monoisotopic (exact) mass is 479 g/mol. The minimum Gasteiger partial charge on any atom is -0.496 e. The summed E-state index contributed by atoms with van der Waals surface area (Å²) in [5, 5.41) is 13.9. The molecule has 0 aromatic heterocycles. The zero-order chi connectivity index (χ0) is 24.2. The third-order valence-corrected chi connectivity index (χ3v) is 7.12. The molecule has 0 saturated carbocycles. The summed E-state index contributed by atoms with van der Waals surface area (Å²) in [5.41, 5.74) is 0.456. The lowest BCUT2D eigenvalue weighted by molar-refractivity contribution is -0.386. The second kappa shape index (κ2) is 10.1. The lowest BCUT2D eigenvalue weighted by Gasteiger charge is -2.27. The molecule has 3 rings (SSSR count). The van der Waals surface area contributed by atoms with E-state index in [1.165, 1.54) is 42.6 Å². The number of amides is 1. The minimum atomic E-state index is -3.76. The van der Waals surface area contributed by atoms with Crippen molar-refractivity contribution in [3.05, 3.63) is 52.1 Å². The lowest BCUT2D eigenvalue weighted by atomic mass is 10.2. The van der Waals surface area contributed by atoms with Gasteiger partial charge in [0.2, 0.25) is 10.0 Å². The van der Waals surface area contributed by atoms with E-state index in [1.807, 2.05) is 0 Å². The van der Waals surface area contributed by atoms with E-state index in [2.05, 4.69) is 5.32 Å². The number of hydrogen-bond acceptors (Lipinski definition) is 8. The van der Waals surface area contributed by atoms with Crippen molar-refractivity contribution in [1.29, 1.82) is 0 Å². The van der Waals surface area contributed by atoms with Gasteiger partial charge in [-0.05, 0) is 43.7 Å². The summed E-state index contributed by atoms with van der Waals surface area (Å²) in [4.78, 5) is 23.4. The highest BCUT2D eigenvalue weighted by atomic mass is 32.2. The van der Waals surface area contributed by atoms with Gasteiger partial charge in [-0.15, -0.1) is 0 Å². The Morgan fingerprint density at radius 3 is 2.55 bits per heavy atom. The van der Waals surface area contributed by atoms with Gasteiger partial charge in [0, 0.05) is 18.8 Å². The first-order valence-electron chi connectivity index (χ1n) is 10.1. The van der Waals surface area contributed by atoms with Crippen molar-refractivity contribution in [2.45, 2.75) is 24.8 Å². The Labute approximate surface area is 191 Å². The van der Waals surface area contributed by atoms with Gasteiger partial charge in [-0.25, -0.2) is 8.42 Å². The topological polar surface area (TPSA) is 137 Å². The predicted octanol–water partition coefficient (Wildman–Crippen LogP) is 2.34. The summed E-state index contributed by atoms with van der Waals surface area (Å²) < 4.78 is 43.1. The summed E-state index contributed by atoms with van der Waals surface area (Å²) in [6.07, 6.45) is -1.10. The molecule has 1 amide bonds. The summed E-state index contributed by atoms with van der Waals surface area (Å²) in [6, 6.07) is 8.59. The van der Waals surface area contributed by atoms with Crippen molar-refractivity contribution < 1.29 is 32.3 Å². The van der Waals surface area contributed by atoms with Crippen molar-refractivity contribution in [2.75, 3.05) is 38.7 Å². The standard InChI is InChI=1S/C21H25N3O8S/c1-14-4-5-16(12-20(14)33(28,29)23-8-10-31-11-9-23)22-21(25)15(2)32-19-7-6-17(30-3)13-18(19)24(26)27/h4-7,12-13,15H,8-11H2,1-3H3,(H,22,25). The molecule has 1 atom stereocenters. The second-order valence-electron chi connectivity index (χ2n) is 7.34. The molecule has 0 spiro atoms. The first kappa shape index (κ1) is 24.4. The van der Waals surface area contributed by atoms with Crippen molar-refractivity contribution in [1.82, 2.24) is 4.31 Å². The quantitative estimate of drug-likeness (QED) is 0.450. The molecule has 0 radical (unpaired) electrons. The van der Waals surface area contributed by atoms with Crippen molar-refractivity contribution in [3.63, 3.8) is 0 Å². The van der Waals surface area contributed by atoms with E-state index >= 15 is 0 Å². The predicted molar refractivity (Wildman–Crippen MR) is 119 cm³/mol. The molecule has 1 aliphatic heterocycles. The zero-order valence-corrected chi connectivity index (χ0v) is 19.3. The van der Waals surface area contributed by atoms with Gasteiger partial charge in [0.25, 0.3) is 5.91 Å². The van der Waals surface area contributed by atoms with Gasteiger partial charge in [-0.3, -0.25) is 14.9 Å². The van der Waals surface area contributed by atoms with Crippen LogP contribution in [0.2, 0.25) is 0 Å². The fraction of sp³-hybridized carbons (Fsp3) is 0.381. The third-order valence-electron chi connectivity index (χ3n) is 5.08. The van der Waals surface area contributed by atoms with Crippen LogP contribution in [-0.4, -0.2) is 63.1 Å². The maximum absolute atomic E-state index is 13.0. The van der Waals surface area contributed by atoms with Crippen LogP contribution in [0.5, 0.6) is 11.5 Å². The van der Waals surface area contributed by atoms with Crippen LogP contribution < -0.4 is 14.8 Å². The van der Waals surface area contributed by atoms with E-state index < -0.39 is 27.0 Å². The molecule has 1 fully saturated rings. The van der Waals surface area contributed by atoms with Crippen LogP contribution >= 0.6 is 0 Å². The normalized spacial score (nSPS) is 15.5. The average molecular weight is 480 g/mol. The van der Waals surface area contributed by atoms with Crippen molar-refractivity contribution in [3.8, 4) is 11.5 Å². The van der Waals surface area contributed by atoms with E-state index in [1.54, 1.807) is 19.1 Å². The fourth-order valence-corrected chi connectivity index (χ4v) is 4.89. The maximum Gasteiger partial charge on any atom is 0.314 e. The molecule has 12 heteroatoms. The molecular formula is C21H25N3O8S. The van der Waals surface area contributed by atoms with Crippen LogP contribution in [0.4, 0.5) is 11.4 Å². The van der Waals surface area contributed by atoms with E-state index in [0.717, 1.165) is 0 Å². The number of nitrogens with zero attached hydrogens (tertiary/aromatic N) is 2. The molecule has 0 bridgehead atoms. The molecule has 178 valence electrons. The van der Waals surface area contributed by atoms with Gasteiger partial charge < -0.3 is 19.5 Å². The number of anilines is 1. The molecular weight excluding hydrogens is 454 g/mol. The number of carbonyl (C=O) groups excluding carboxylic acids is 1. The van der Waals surface area contributed by atoms with Crippen LogP contribution in [-0.2, 0) is 19.6 Å². The van der Waals surface area contributed by atoms with Gasteiger partial charge in [-0.2, -0.15) is 4.31 Å².